The van der Waals surface area contributed by atoms with Crippen molar-refractivity contribution in [1.29, 1.82) is 0 Å². The largest absolute Gasteiger partial charge is 0.480 e. The second-order valence-electron chi connectivity index (χ2n) is 10.1. The first kappa shape index (κ1) is 32.4. The molecule has 7 nitrogen and oxygen atoms in total. The summed E-state index contributed by atoms with van der Waals surface area (Å²) in [6.07, 6.45) is 6.38. The topological polar surface area (TPSA) is 90.0 Å². The number of nitrogens with one attached hydrogen (secondary N) is 1. The predicted molar refractivity (Wildman–Crippen MR) is 161 cm³/mol. The number of aryl methyl sites for hydroxylation is 1. The van der Waals surface area contributed by atoms with E-state index in [4.69, 9.17) is 0 Å². The van der Waals surface area contributed by atoms with Gasteiger partial charge in [-0.05, 0) is 79.6 Å². The average Bonchev–Trinajstić information content (AvgIpc) is 2.90. The number of thioether (sulfide) groups is 1. The zero-order valence-electron chi connectivity index (χ0n) is 24.2. The van der Waals surface area contributed by atoms with Crippen molar-refractivity contribution in [2.75, 3.05) is 38.7 Å². The van der Waals surface area contributed by atoms with Gasteiger partial charge in [-0.3, -0.25) is 14.5 Å². The molecular formula is C31H45N3O4S. The van der Waals surface area contributed by atoms with Crippen LogP contribution in [0.5, 0.6) is 0 Å². The van der Waals surface area contributed by atoms with Crippen LogP contribution in [0, 0.1) is 6.92 Å². The second kappa shape index (κ2) is 17.0. The van der Waals surface area contributed by atoms with Gasteiger partial charge in [0.1, 0.15) is 6.04 Å². The third-order valence-corrected chi connectivity index (χ3v) is 7.40. The Morgan fingerprint density at radius 1 is 1.00 bits per heavy atom. The Bertz CT molecular complexity index is 1080. The van der Waals surface area contributed by atoms with E-state index in [1.807, 2.05) is 66.4 Å². The fraction of sp³-hybridized carbons (Fsp3) is 0.516. The summed E-state index contributed by atoms with van der Waals surface area (Å²) in [6.45, 7) is 8.72. The Morgan fingerprint density at radius 3 is 2.26 bits per heavy atom. The summed E-state index contributed by atoms with van der Waals surface area (Å²) in [7, 11) is 1.94. The van der Waals surface area contributed by atoms with E-state index in [1.54, 1.807) is 17.8 Å². The van der Waals surface area contributed by atoms with Crippen molar-refractivity contribution in [3.05, 3.63) is 59.2 Å². The summed E-state index contributed by atoms with van der Waals surface area (Å²) in [5.74, 6) is -0.663. The van der Waals surface area contributed by atoms with Crippen molar-refractivity contribution in [3.63, 3.8) is 0 Å². The lowest BCUT2D eigenvalue weighted by atomic mass is 9.93. The first-order valence-electron chi connectivity index (χ1n) is 13.9. The first-order chi connectivity index (χ1) is 18.7. The summed E-state index contributed by atoms with van der Waals surface area (Å²) >= 11 is 1.55. The minimum Gasteiger partial charge on any atom is -0.480 e. The summed E-state index contributed by atoms with van der Waals surface area (Å²) in [4.78, 5) is 42.1. The molecule has 0 aliphatic heterocycles. The molecule has 0 bridgehead atoms. The molecule has 1 atom stereocenters. The lowest BCUT2D eigenvalue weighted by molar-refractivity contribution is -0.139. The van der Waals surface area contributed by atoms with Crippen LogP contribution in [-0.4, -0.2) is 77.4 Å². The number of likely N-dealkylation sites (N-methyl/N-ethyl adjacent to an activating group) is 1. The third-order valence-electron chi connectivity index (χ3n) is 6.75. The van der Waals surface area contributed by atoms with Gasteiger partial charge in [-0.25, -0.2) is 4.79 Å². The fourth-order valence-corrected chi connectivity index (χ4v) is 4.94. The molecule has 2 amide bonds. The Morgan fingerprint density at radius 2 is 1.67 bits per heavy atom. The highest BCUT2D eigenvalue weighted by Crippen LogP contribution is 2.29. The zero-order chi connectivity index (χ0) is 28.8. The molecule has 0 aliphatic carbocycles. The SMILES string of the molecule is CCCCN(CCCC)C(=O)CN(C)Cc1ccc(C(=O)NC(CCSC)C(=O)O)c(-c2ccccc2C)c1. The molecule has 8 heteroatoms. The van der Waals surface area contributed by atoms with Gasteiger partial charge in [0.2, 0.25) is 5.91 Å². The molecule has 0 heterocycles. The number of hydrogen-bond donors (Lipinski definition) is 2. The number of unbranched alkanes of at least 4 members (excludes halogenated alkanes) is 2. The first-order valence-corrected chi connectivity index (χ1v) is 15.3. The Balaban J connectivity index is 2.29. The number of carboxylic acids is 1. The molecule has 0 aliphatic rings. The van der Waals surface area contributed by atoms with Crippen LogP contribution in [0.2, 0.25) is 0 Å². The van der Waals surface area contributed by atoms with E-state index >= 15 is 0 Å². The minimum atomic E-state index is -1.04. The van der Waals surface area contributed by atoms with Crippen LogP contribution >= 0.6 is 11.8 Å². The molecule has 2 N–H and O–H groups in total. The van der Waals surface area contributed by atoms with E-state index in [9.17, 15) is 19.5 Å². The molecule has 0 aromatic heterocycles. The van der Waals surface area contributed by atoms with Crippen LogP contribution in [0.3, 0.4) is 0 Å². The van der Waals surface area contributed by atoms with Crippen molar-refractivity contribution >= 4 is 29.5 Å². The van der Waals surface area contributed by atoms with E-state index in [0.717, 1.165) is 61.0 Å². The van der Waals surface area contributed by atoms with Gasteiger partial charge in [-0.1, -0.05) is 57.0 Å². The maximum absolute atomic E-state index is 13.3. The van der Waals surface area contributed by atoms with Crippen molar-refractivity contribution in [2.24, 2.45) is 0 Å². The Kier molecular flexibility index (Phi) is 14.1. The van der Waals surface area contributed by atoms with Gasteiger partial charge < -0.3 is 15.3 Å². The van der Waals surface area contributed by atoms with Gasteiger partial charge in [0.05, 0.1) is 6.54 Å². The highest BCUT2D eigenvalue weighted by molar-refractivity contribution is 7.98. The van der Waals surface area contributed by atoms with Gasteiger partial charge in [0, 0.05) is 25.2 Å². The monoisotopic (exact) mass is 555 g/mol. The predicted octanol–water partition coefficient (Wildman–Crippen LogP) is 5.46. The zero-order valence-corrected chi connectivity index (χ0v) is 25.0. The third kappa shape index (κ3) is 10.3. The molecule has 0 radical (unpaired) electrons. The summed E-state index contributed by atoms with van der Waals surface area (Å²) in [6, 6.07) is 12.5. The van der Waals surface area contributed by atoms with Crippen LogP contribution < -0.4 is 5.32 Å². The minimum absolute atomic E-state index is 0.138. The van der Waals surface area contributed by atoms with Crippen LogP contribution in [0.1, 0.15) is 67.4 Å². The summed E-state index contributed by atoms with van der Waals surface area (Å²) in [5, 5.41) is 12.3. The smallest absolute Gasteiger partial charge is 0.326 e. The fourth-order valence-electron chi connectivity index (χ4n) is 4.47. The van der Waals surface area contributed by atoms with Crippen LogP contribution in [-0.2, 0) is 16.1 Å². The van der Waals surface area contributed by atoms with E-state index in [-0.39, 0.29) is 5.91 Å². The molecule has 1 unspecified atom stereocenters. The van der Waals surface area contributed by atoms with Gasteiger partial charge in [-0.15, -0.1) is 0 Å². The van der Waals surface area contributed by atoms with E-state index in [2.05, 4.69) is 19.2 Å². The number of nitrogens with zero attached hydrogens (tertiary/aromatic N) is 2. The Hall–Kier alpha value is -2.84. The standard InChI is InChI=1S/C31H45N3O4S/c1-6-8-17-34(18-9-7-2)29(35)22-33(4)21-24-14-15-26(27(20-24)25-13-11-10-12-23(25)3)30(36)32-28(31(37)38)16-19-39-5/h10-15,20,28H,6-9,16-19,21-22H2,1-5H3,(H,32,36)(H,37,38). The number of carbonyl (C=O) groups excluding carboxylic acids is 2. The molecule has 0 spiro atoms. The van der Waals surface area contributed by atoms with Gasteiger partial charge in [0.25, 0.3) is 5.91 Å². The normalized spacial score (nSPS) is 11.8. The number of aliphatic carboxylic acids is 1. The van der Waals surface area contributed by atoms with Gasteiger partial charge >= 0.3 is 5.97 Å². The summed E-state index contributed by atoms with van der Waals surface area (Å²) in [5.41, 5.74) is 4.11. The summed E-state index contributed by atoms with van der Waals surface area (Å²) < 4.78 is 0. The molecule has 214 valence electrons. The molecule has 2 aromatic carbocycles. The number of carboxylic acid groups (broad SMARTS) is 1. The van der Waals surface area contributed by atoms with Crippen molar-refractivity contribution in [2.45, 2.75) is 65.5 Å². The number of benzene rings is 2. The average molecular weight is 556 g/mol. The van der Waals surface area contributed by atoms with Crippen molar-refractivity contribution < 1.29 is 19.5 Å². The van der Waals surface area contributed by atoms with Crippen LogP contribution in [0.25, 0.3) is 11.1 Å². The highest BCUT2D eigenvalue weighted by atomic mass is 32.2. The number of hydrogen-bond acceptors (Lipinski definition) is 5. The number of carbonyl (C=O) groups is 3. The lowest BCUT2D eigenvalue weighted by Crippen LogP contribution is -2.41. The second-order valence-corrected chi connectivity index (χ2v) is 11.1. The molecule has 2 rings (SSSR count). The Labute approximate surface area is 238 Å². The van der Waals surface area contributed by atoms with Crippen molar-refractivity contribution in [1.82, 2.24) is 15.1 Å². The van der Waals surface area contributed by atoms with E-state index in [1.165, 1.54) is 0 Å². The van der Waals surface area contributed by atoms with Gasteiger partial charge in [0.15, 0.2) is 0 Å². The molecule has 39 heavy (non-hydrogen) atoms. The number of rotatable bonds is 17. The molecule has 2 aromatic rings. The van der Waals surface area contributed by atoms with Crippen molar-refractivity contribution in [3.8, 4) is 11.1 Å². The maximum atomic E-state index is 13.3. The lowest BCUT2D eigenvalue weighted by Gasteiger charge is -2.26. The van der Waals surface area contributed by atoms with E-state index < -0.39 is 17.9 Å². The number of amides is 2. The molecule has 0 saturated carbocycles. The highest BCUT2D eigenvalue weighted by Gasteiger charge is 2.23. The van der Waals surface area contributed by atoms with Crippen LogP contribution in [0.4, 0.5) is 0 Å². The molecule has 0 fully saturated rings. The molecular weight excluding hydrogens is 510 g/mol. The molecule has 0 saturated heterocycles. The quantitative estimate of drug-likeness (QED) is 0.270. The van der Waals surface area contributed by atoms with E-state index in [0.29, 0.717) is 30.8 Å². The maximum Gasteiger partial charge on any atom is 0.326 e. The van der Waals surface area contributed by atoms with Crippen LogP contribution in [0.15, 0.2) is 42.5 Å². The van der Waals surface area contributed by atoms with Gasteiger partial charge in [-0.2, -0.15) is 11.8 Å².